The highest BCUT2D eigenvalue weighted by Crippen LogP contribution is 2.29. The van der Waals surface area contributed by atoms with Gasteiger partial charge in [-0.2, -0.15) is 4.68 Å². The minimum atomic E-state index is -0.488. The van der Waals surface area contributed by atoms with Gasteiger partial charge in [0, 0.05) is 24.0 Å². The lowest BCUT2D eigenvalue weighted by Gasteiger charge is -2.16. The van der Waals surface area contributed by atoms with Gasteiger partial charge in [0.2, 0.25) is 0 Å². The number of hydrogen-bond donors (Lipinski definition) is 1. The summed E-state index contributed by atoms with van der Waals surface area (Å²) in [5.74, 6) is 0.806. The molecule has 2 aromatic heterocycles. The Bertz CT molecular complexity index is 1260. The Hall–Kier alpha value is -4.20. The number of fused-ring (bicyclic) bond motifs is 1. The highest BCUT2D eigenvalue weighted by molar-refractivity contribution is 6.00. The van der Waals surface area contributed by atoms with E-state index in [-0.39, 0.29) is 5.82 Å². The minimum Gasteiger partial charge on any atom is -0.497 e. The van der Waals surface area contributed by atoms with Gasteiger partial charge >= 0.3 is 0 Å². The van der Waals surface area contributed by atoms with E-state index in [0.717, 1.165) is 4.68 Å². The van der Waals surface area contributed by atoms with Crippen molar-refractivity contribution in [3.05, 3.63) is 82.9 Å². The Morgan fingerprint density at radius 1 is 1.00 bits per heavy atom. The zero-order valence-electron chi connectivity index (χ0n) is 16.3. The first-order valence-electron chi connectivity index (χ1n) is 9.07. The van der Waals surface area contributed by atoms with Crippen LogP contribution in [0, 0.1) is 0 Å². The van der Waals surface area contributed by atoms with Gasteiger partial charge in [0.25, 0.3) is 11.5 Å². The first kappa shape index (κ1) is 19.1. The number of rotatable bonds is 5. The molecule has 0 radical (unpaired) electrons. The second-order valence-corrected chi connectivity index (χ2v) is 6.38. The van der Waals surface area contributed by atoms with E-state index in [4.69, 9.17) is 9.47 Å². The topological polar surface area (TPSA) is 95.3 Å². The van der Waals surface area contributed by atoms with Crippen molar-refractivity contribution in [3.63, 3.8) is 0 Å². The third kappa shape index (κ3) is 3.58. The fraction of sp³-hybridized carbons (Fsp3) is 0.0909. The van der Waals surface area contributed by atoms with Crippen molar-refractivity contribution >= 4 is 16.8 Å². The molecule has 1 N–H and O–H groups in total. The maximum absolute atomic E-state index is 13.2. The number of nitrogens with zero attached hydrogens (tertiary/aromatic N) is 3. The van der Waals surface area contributed by atoms with Gasteiger partial charge in [-0.25, -0.2) is 4.98 Å². The van der Waals surface area contributed by atoms with Crippen LogP contribution in [0.2, 0.25) is 0 Å². The summed E-state index contributed by atoms with van der Waals surface area (Å²) in [6.07, 6.45) is 2.98. The summed E-state index contributed by atoms with van der Waals surface area (Å²) in [5, 5.41) is 0.377. The molecule has 0 spiro atoms. The zero-order valence-corrected chi connectivity index (χ0v) is 16.3. The fourth-order valence-corrected chi connectivity index (χ4v) is 3.03. The van der Waals surface area contributed by atoms with Gasteiger partial charge in [-0.05, 0) is 36.4 Å². The number of benzene rings is 2. The van der Waals surface area contributed by atoms with Crippen molar-refractivity contribution in [2.75, 3.05) is 19.6 Å². The van der Waals surface area contributed by atoms with E-state index in [1.54, 1.807) is 60.8 Å². The predicted octanol–water partition coefficient (Wildman–Crippen LogP) is 2.86. The van der Waals surface area contributed by atoms with Crippen LogP contribution in [0.15, 0.2) is 71.8 Å². The van der Waals surface area contributed by atoms with Crippen molar-refractivity contribution in [3.8, 4) is 22.9 Å². The SMILES string of the molecule is COc1cc(OC)cc(-c2nc3ccccc3c(=O)n2NC(=O)c2cccnc2)c1. The average molecular weight is 402 g/mol. The summed E-state index contributed by atoms with van der Waals surface area (Å²) in [7, 11) is 3.06. The third-order valence-corrected chi connectivity index (χ3v) is 4.52. The summed E-state index contributed by atoms with van der Waals surface area (Å²) in [5.41, 5.74) is 3.59. The van der Waals surface area contributed by atoms with E-state index in [1.165, 1.54) is 20.4 Å². The number of carbonyl (C=O) groups excluding carboxylic acids is 1. The molecule has 1 amide bonds. The molecule has 0 saturated heterocycles. The van der Waals surface area contributed by atoms with Gasteiger partial charge in [-0.3, -0.25) is 20.0 Å². The number of aromatic nitrogens is 3. The zero-order chi connectivity index (χ0) is 21.1. The highest BCUT2D eigenvalue weighted by Gasteiger charge is 2.17. The Morgan fingerprint density at radius 3 is 2.40 bits per heavy atom. The standard InChI is InChI=1S/C22H18N4O4/c1-29-16-10-15(11-17(12-16)30-2)20-24-19-8-4-3-7-18(19)22(28)26(20)25-21(27)14-6-5-9-23-13-14/h3-13H,1-2H3,(H,25,27). The summed E-state index contributed by atoms with van der Waals surface area (Å²) in [6.45, 7) is 0. The van der Waals surface area contributed by atoms with Crippen LogP contribution in [0.1, 0.15) is 10.4 Å². The molecule has 30 heavy (non-hydrogen) atoms. The van der Waals surface area contributed by atoms with Crippen molar-refractivity contribution < 1.29 is 14.3 Å². The molecule has 4 aromatic rings. The van der Waals surface area contributed by atoms with Crippen molar-refractivity contribution in [2.45, 2.75) is 0 Å². The number of amides is 1. The fourth-order valence-electron chi connectivity index (χ4n) is 3.03. The highest BCUT2D eigenvalue weighted by atomic mass is 16.5. The molecule has 0 fully saturated rings. The van der Waals surface area contributed by atoms with E-state index < -0.39 is 11.5 Å². The van der Waals surface area contributed by atoms with Crippen molar-refractivity contribution in [2.24, 2.45) is 0 Å². The van der Waals surface area contributed by atoms with Crippen LogP contribution in [0.25, 0.3) is 22.3 Å². The Kier molecular flexibility index (Phi) is 5.13. The maximum Gasteiger partial charge on any atom is 0.280 e. The normalized spacial score (nSPS) is 10.6. The average Bonchev–Trinajstić information content (AvgIpc) is 2.80. The summed E-state index contributed by atoms with van der Waals surface area (Å²) >= 11 is 0. The van der Waals surface area contributed by atoms with Gasteiger partial charge in [-0.15, -0.1) is 0 Å². The molecule has 0 unspecified atom stereocenters. The van der Waals surface area contributed by atoms with E-state index >= 15 is 0 Å². The molecular formula is C22H18N4O4. The Morgan fingerprint density at radius 2 is 1.73 bits per heavy atom. The summed E-state index contributed by atoms with van der Waals surface area (Å²) in [4.78, 5) is 34.5. The molecule has 4 rings (SSSR count). The molecule has 0 aliphatic carbocycles. The molecule has 0 atom stereocenters. The van der Waals surface area contributed by atoms with Crippen LogP contribution in [0.5, 0.6) is 11.5 Å². The first-order valence-corrected chi connectivity index (χ1v) is 9.07. The summed E-state index contributed by atoms with van der Waals surface area (Å²) < 4.78 is 11.8. The largest absolute Gasteiger partial charge is 0.497 e. The predicted molar refractivity (Wildman–Crippen MR) is 112 cm³/mol. The van der Waals surface area contributed by atoms with Crippen LogP contribution in [-0.2, 0) is 0 Å². The maximum atomic E-state index is 13.2. The first-order chi connectivity index (χ1) is 14.6. The van der Waals surface area contributed by atoms with Crippen LogP contribution in [-0.4, -0.2) is 34.8 Å². The van der Waals surface area contributed by atoms with E-state index in [2.05, 4.69) is 15.4 Å². The van der Waals surface area contributed by atoms with Gasteiger partial charge in [-0.1, -0.05) is 12.1 Å². The second kappa shape index (κ2) is 8.04. The smallest absolute Gasteiger partial charge is 0.280 e. The van der Waals surface area contributed by atoms with Crippen LogP contribution >= 0.6 is 0 Å². The van der Waals surface area contributed by atoms with Crippen LogP contribution in [0.4, 0.5) is 0 Å². The minimum absolute atomic E-state index is 0.244. The number of hydrogen-bond acceptors (Lipinski definition) is 6. The number of para-hydroxylation sites is 1. The van der Waals surface area contributed by atoms with Crippen molar-refractivity contribution in [1.82, 2.24) is 14.6 Å². The molecule has 0 bridgehead atoms. The van der Waals surface area contributed by atoms with Gasteiger partial charge in [0.1, 0.15) is 11.5 Å². The molecule has 2 heterocycles. The second-order valence-electron chi connectivity index (χ2n) is 6.38. The lowest BCUT2D eigenvalue weighted by Crippen LogP contribution is -2.35. The lowest BCUT2D eigenvalue weighted by molar-refractivity contribution is 0.101. The number of nitrogens with one attached hydrogen (secondary N) is 1. The monoisotopic (exact) mass is 402 g/mol. The summed E-state index contributed by atoms with van der Waals surface area (Å²) in [6, 6.07) is 15.3. The molecule has 8 nitrogen and oxygen atoms in total. The van der Waals surface area contributed by atoms with Crippen molar-refractivity contribution in [1.29, 1.82) is 0 Å². The Balaban J connectivity index is 1.93. The van der Waals surface area contributed by atoms with E-state index in [9.17, 15) is 9.59 Å². The molecular weight excluding hydrogens is 384 g/mol. The van der Waals surface area contributed by atoms with Crippen LogP contribution < -0.4 is 20.5 Å². The quantitative estimate of drug-likeness (QED) is 0.552. The number of pyridine rings is 1. The van der Waals surface area contributed by atoms with E-state index in [0.29, 0.717) is 33.5 Å². The number of carbonyl (C=O) groups is 1. The van der Waals surface area contributed by atoms with Gasteiger partial charge in [0.15, 0.2) is 5.82 Å². The molecule has 2 aromatic carbocycles. The van der Waals surface area contributed by atoms with Crippen LogP contribution in [0.3, 0.4) is 0 Å². The molecule has 150 valence electrons. The van der Waals surface area contributed by atoms with Gasteiger partial charge < -0.3 is 9.47 Å². The molecule has 0 aliphatic heterocycles. The number of methoxy groups -OCH3 is 2. The molecule has 0 aliphatic rings. The Labute approximate surface area is 171 Å². The third-order valence-electron chi connectivity index (χ3n) is 4.52. The number of ether oxygens (including phenoxy) is 2. The lowest BCUT2D eigenvalue weighted by atomic mass is 10.1. The van der Waals surface area contributed by atoms with Gasteiger partial charge in [0.05, 0.1) is 30.7 Å². The molecule has 8 heteroatoms. The molecule has 0 saturated carbocycles. The van der Waals surface area contributed by atoms with E-state index in [1.807, 2.05) is 0 Å².